The molecule has 0 atom stereocenters. The molecule has 1 N–H and O–H groups in total. The molecule has 1 fully saturated rings. The highest BCUT2D eigenvalue weighted by Gasteiger charge is 2.34. The molecule has 0 unspecified atom stereocenters. The monoisotopic (exact) mass is 441 g/mol. The maximum atomic E-state index is 11.9. The van der Waals surface area contributed by atoms with Crippen molar-refractivity contribution in [3.8, 4) is 28.4 Å². The third-order valence-electron chi connectivity index (χ3n) is 6.81. The van der Waals surface area contributed by atoms with E-state index in [4.69, 9.17) is 4.74 Å². The van der Waals surface area contributed by atoms with Crippen LogP contribution in [-0.2, 0) is 4.79 Å². The van der Waals surface area contributed by atoms with Crippen molar-refractivity contribution in [2.24, 2.45) is 5.41 Å². The molecule has 1 aliphatic rings. The summed E-state index contributed by atoms with van der Waals surface area (Å²) in [6.07, 6.45) is 5.42. The number of aromatic nitrogens is 4. The largest absolute Gasteiger partial charge is 0.497 e. The summed E-state index contributed by atoms with van der Waals surface area (Å²) in [5.41, 5.74) is 4.35. The van der Waals surface area contributed by atoms with Crippen LogP contribution in [-0.4, -0.2) is 45.9 Å². The van der Waals surface area contributed by atoms with E-state index < -0.39 is 0 Å². The fourth-order valence-electron chi connectivity index (χ4n) is 4.26. The number of fused-ring (bicyclic) bond motifs is 1. The van der Waals surface area contributed by atoms with E-state index in [1.807, 2.05) is 48.8 Å². The number of methoxy groups -OCH3 is 1. The SMILES string of the molecule is COc1ccc2nc(-c3ccc(-c4ccc(N5CCC(C)(C(C)=O)CC5)nc4)nc3)[nH]c2c1. The zero-order chi connectivity index (χ0) is 23.0. The van der Waals surface area contributed by atoms with Crippen LogP contribution in [0.5, 0.6) is 5.75 Å². The van der Waals surface area contributed by atoms with Crippen LogP contribution < -0.4 is 9.64 Å². The number of hydrogen-bond donors (Lipinski definition) is 1. The zero-order valence-corrected chi connectivity index (χ0v) is 19.1. The van der Waals surface area contributed by atoms with Gasteiger partial charge in [0.25, 0.3) is 0 Å². The van der Waals surface area contributed by atoms with Gasteiger partial charge in [0.15, 0.2) is 0 Å². The highest BCUT2D eigenvalue weighted by molar-refractivity contribution is 5.82. The van der Waals surface area contributed by atoms with E-state index >= 15 is 0 Å². The molecular formula is C26H27N5O2. The summed E-state index contributed by atoms with van der Waals surface area (Å²) >= 11 is 0. The first-order valence-corrected chi connectivity index (χ1v) is 11.2. The molecule has 0 bridgehead atoms. The first-order chi connectivity index (χ1) is 15.9. The lowest BCUT2D eigenvalue weighted by Gasteiger charge is -2.38. The molecule has 1 aliphatic heterocycles. The molecule has 4 heterocycles. The number of Topliss-reactive ketones (excluding diaryl/α,β-unsaturated/α-hetero) is 1. The van der Waals surface area contributed by atoms with E-state index in [0.29, 0.717) is 0 Å². The van der Waals surface area contributed by atoms with Gasteiger partial charge in [-0.1, -0.05) is 6.92 Å². The van der Waals surface area contributed by atoms with Gasteiger partial charge in [-0.25, -0.2) is 9.97 Å². The lowest BCUT2D eigenvalue weighted by Crippen LogP contribution is -2.42. The number of piperidine rings is 1. The zero-order valence-electron chi connectivity index (χ0n) is 19.1. The second-order valence-electron chi connectivity index (χ2n) is 8.91. The van der Waals surface area contributed by atoms with E-state index in [2.05, 4.69) is 37.8 Å². The van der Waals surface area contributed by atoms with E-state index in [9.17, 15) is 4.79 Å². The van der Waals surface area contributed by atoms with Crippen LogP contribution in [0, 0.1) is 5.41 Å². The summed E-state index contributed by atoms with van der Waals surface area (Å²) < 4.78 is 5.28. The van der Waals surface area contributed by atoms with Crippen molar-refractivity contribution in [1.82, 2.24) is 19.9 Å². The number of H-pyrrole nitrogens is 1. The Kier molecular flexibility index (Phi) is 5.32. The average Bonchev–Trinajstić information content (AvgIpc) is 3.28. The molecule has 7 heteroatoms. The number of rotatable bonds is 5. The summed E-state index contributed by atoms with van der Waals surface area (Å²) in [5.74, 6) is 2.79. The van der Waals surface area contributed by atoms with Crippen molar-refractivity contribution in [2.45, 2.75) is 26.7 Å². The number of ketones is 1. The van der Waals surface area contributed by atoms with Gasteiger partial charge in [-0.3, -0.25) is 9.78 Å². The summed E-state index contributed by atoms with van der Waals surface area (Å²) in [5, 5.41) is 0. The van der Waals surface area contributed by atoms with E-state index in [1.165, 1.54) is 0 Å². The van der Waals surface area contributed by atoms with Gasteiger partial charge in [0.1, 0.15) is 23.2 Å². The Hall–Kier alpha value is -3.74. The van der Waals surface area contributed by atoms with Gasteiger partial charge in [0.2, 0.25) is 0 Å². The minimum Gasteiger partial charge on any atom is -0.497 e. The number of anilines is 1. The van der Waals surface area contributed by atoms with Crippen molar-refractivity contribution in [3.05, 3.63) is 54.9 Å². The normalized spacial score (nSPS) is 15.5. The van der Waals surface area contributed by atoms with E-state index in [1.54, 1.807) is 14.0 Å². The Morgan fingerprint density at radius 1 is 1.03 bits per heavy atom. The first-order valence-electron chi connectivity index (χ1n) is 11.2. The highest BCUT2D eigenvalue weighted by atomic mass is 16.5. The number of pyridine rings is 2. The predicted molar refractivity (Wildman–Crippen MR) is 129 cm³/mol. The molecule has 5 rings (SSSR count). The quantitative estimate of drug-likeness (QED) is 0.475. The van der Waals surface area contributed by atoms with Crippen LogP contribution in [0.2, 0.25) is 0 Å². The smallest absolute Gasteiger partial charge is 0.140 e. The minimum atomic E-state index is -0.200. The molecule has 33 heavy (non-hydrogen) atoms. The summed E-state index contributed by atoms with van der Waals surface area (Å²) in [6.45, 7) is 5.46. The Morgan fingerprint density at radius 3 is 2.42 bits per heavy atom. The van der Waals surface area contributed by atoms with E-state index in [0.717, 1.165) is 71.2 Å². The minimum absolute atomic E-state index is 0.200. The molecule has 168 valence electrons. The van der Waals surface area contributed by atoms with Gasteiger partial charge in [0, 0.05) is 48.1 Å². The number of benzene rings is 1. The number of aromatic amines is 1. The fraction of sp³-hybridized carbons (Fsp3) is 0.308. The summed E-state index contributed by atoms with van der Waals surface area (Å²) in [7, 11) is 1.65. The number of ether oxygens (including phenoxy) is 1. The third kappa shape index (κ3) is 4.06. The van der Waals surface area contributed by atoms with Crippen molar-refractivity contribution >= 4 is 22.6 Å². The molecule has 0 saturated carbocycles. The second-order valence-corrected chi connectivity index (χ2v) is 8.91. The Bertz CT molecular complexity index is 1290. The predicted octanol–water partition coefficient (Wildman–Crippen LogP) is 4.89. The maximum Gasteiger partial charge on any atom is 0.140 e. The first kappa shape index (κ1) is 21.1. The third-order valence-corrected chi connectivity index (χ3v) is 6.81. The van der Waals surface area contributed by atoms with Crippen LogP contribution in [0.25, 0.3) is 33.7 Å². The lowest BCUT2D eigenvalue weighted by atomic mass is 9.77. The lowest BCUT2D eigenvalue weighted by molar-refractivity contribution is -0.126. The van der Waals surface area contributed by atoms with Gasteiger partial charge < -0.3 is 14.6 Å². The Balaban J connectivity index is 1.30. The van der Waals surface area contributed by atoms with Crippen molar-refractivity contribution in [1.29, 1.82) is 0 Å². The molecule has 1 aromatic carbocycles. The maximum absolute atomic E-state index is 11.9. The van der Waals surface area contributed by atoms with Crippen LogP contribution >= 0.6 is 0 Å². The molecule has 0 aliphatic carbocycles. The fourth-order valence-corrected chi connectivity index (χ4v) is 4.26. The summed E-state index contributed by atoms with van der Waals surface area (Å²) in [4.78, 5) is 31.4. The van der Waals surface area contributed by atoms with E-state index in [-0.39, 0.29) is 11.2 Å². The van der Waals surface area contributed by atoms with Gasteiger partial charge in [-0.05, 0) is 56.2 Å². The molecule has 7 nitrogen and oxygen atoms in total. The van der Waals surface area contributed by atoms with Gasteiger partial charge in [0.05, 0.1) is 23.8 Å². The molecule has 0 radical (unpaired) electrons. The van der Waals surface area contributed by atoms with Crippen LogP contribution in [0.15, 0.2) is 54.9 Å². The average molecular weight is 442 g/mol. The van der Waals surface area contributed by atoms with Crippen molar-refractivity contribution in [3.63, 3.8) is 0 Å². The molecule has 3 aromatic heterocycles. The molecule has 1 saturated heterocycles. The van der Waals surface area contributed by atoms with Crippen molar-refractivity contribution in [2.75, 3.05) is 25.1 Å². The summed E-state index contributed by atoms with van der Waals surface area (Å²) in [6, 6.07) is 13.9. The standard InChI is InChI=1S/C26H27N5O2/c1-17(32)26(2)10-12-31(13-11-26)24-9-5-18(15-28-24)21-7-4-19(16-27-21)25-29-22-8-6-20(33-3)14-23(22)30-25/h4-9,14-16H,10-13H2,1-3H3,(H,29,30). The van der Waals surface area contributed by atoms with Crippen LogP contribution in [0.4, 0.5) is 5.82 Å². The molecular weight excluding hydrogens is 414 g/mol. The number of imidazole rings is 1. The molecule has 0 amide bonds. The van der Waals surface area contributed by atoms with Gasteiger partial charge in [-0.15, -0.1) is 0 Å². The number of hydrogen-bond acceptors (Lipinski definition) is 6. The number of nitrogens with one attached hydrogen (secondary N) is 1. The Morgan fingerprint density at radius 2 is 1.79 bits per heavy atom. The van der Waals surface area contributed by atoms with Gasteiger partial charge >= 0.3 is 0 Å². The van der Waals surface area contributed by atoms with Crippen LogP contribution in [0.1, 0.15) is 26.7 Å². The molecule has 0 spiro atoms. The topological polar surface area (TPSA) is 84.0 Å². The number of nitrogens with zero attached hydrogens (tertiary/aromatic N) is 4. The highest BCUT2D eigenvalue weighted by Crippen LogP contribution is 2.33. The second kappa shape index (κ2) is 8.31. The van der Waals surface area contributed by atoms with Crippen LogP contribution in [0.3, 0.4) is 0 Å². The van der Waals surface area contributed by atoms with Gasteiger partial charge in [-0.2, -0.15) is 0 Å². The number of carbonyl (C=O) groups excluding carboxylic acids is 1. The Labute approximate surface area is 192 Å². The van der Waals surface area contributed by atoms with Crippen molar-refractivity contribution < 1.29 is 9.53 Å². The number of carbonyl (C=O) groups is 1. The molecule has 4 aromatic rings.